The Hall–Kier alpha value is -2.75. The summed E-state index contributed by atoms with van der Waals surface area (Å²) in [6.45, 7) is 0. The lowest BCUT2D eigenvalue weighted by molar-refractivity contribution is -0.115. The number of benzene rings is 2. The summed E-state index contributed by atoms with van der Waals surface area (Å²) in [5.74, 6) is -0.514. The molecule has 2 aromatic heterocycles. The normalized spacial score (nSPS) is 10.9. The number of carbonyl (C=O) groups is 1. The van der Waals surface area contributed by atoms with E-state index in [0.717, 1.165) is 15.5 Å². The van der Waals surface area contributed by atoms with E-state index in [1.54, 1.807) is 35.2 Å². The quantitative estimate of drug-likeness (QED) is 0.436. The maximum absolute atomic E-state index is 13.1. The van der Waals surface area contributed by atoms with Crippen molar-refractivity contribution in [1.82, 2.24) is 19.7 Å². The fourth-order valence-electron chi connectivity index (χ4n) is 2.62. The lowest BCUT2D eigenvalue weighted by Gasteiger charge is -2.10. The van der Waals surface area contributed by atoms with E-state index >= 15 is 0 Å². The van der Waals surface area contributed by atoms with Crippen LogP contribution in [0, 0.1) is 5.82 Å². The third-order valence-electron chi connectivity index (χ3n) is 4.07. The molecule has 10 heteroatoms. The first-order chi connectivity index (χ1) is 14.5. The number of nitrogens with one attached hydrogen (secondary N) is 1. The summed E-state index contributed by atoms with van der Waals surface area (Å²) < 4.78 is 14.9. The Morgan fingerprint density at radius 3 is 2.80 bits per heavy atom. The lowest BCUT2D eigenvalue weighted by Crippen LogP contribution is -2.15. The molecule has 0 saturated carbocycles. The van der Waals surface area contributed by atoms with Crippen LogP contribution in [0.25, 0.3) is 10.6 Å². The van der Waals surface area contributed by atoms with Gasteiger partial charge in [-0.2, -0.15) is 0 Å². The van der Waals surface area contributed by atoms with E-state index in [1.807, 2.05) is 18.5 Å². The van der Waals surface area contributed by atoms with Gasteiger partial charge in [-0.3, -0.25) is 4.79 Å². The number of anilines is 1. The second-order valence-corrected chi connectivity index (χ2v) is 8.65. The standard InChI is InChI=1S/C20H15ClFN5OS2/c1-27-11-23-26-20(27)30-17-7-4-13(21)8-16(17)25-18(28)9-15-10-29-19(24-15)12-2-5-14(22)6-3-12/h2-8,10-11H,9H2,1H3,(H,25,28). The molecular formula is C20H15ClFN5OS2. The van der Waals surface area contributed by atoms with Crippen LogP contribution in [0.2, 0.25) is 5.02 Å². The van der Waals surface area contributed by atoms with Crippen molar-refractivity contribution < 1.29 is 9.18 Å². The van der Waals surface area contributed by atoms with E-state index < -0.39 is 0 Å². The summed E-state index contributed by atoms with van der Waals surface area (Å²) in [6, 6.07) is 11.4. The van der Waals surface area contributed by atoms with Crippen LogP contribution in [-0.2, 0) is 18.3 Å². The molecule has 4 aromatic rings. The molecule has 152 valence electrons. The molecule has 0 radical (unpaired) electrons. The fourth-order valence-corrected chi connectivity index (χ4v) is 4.45. The highest BCUT2D eigenvalue weighted by atomic mass is 35.5. The number of hydrogen-bond donors (Lipinski definition) is 1. The largest absolute Gasteiger partial charge is 0.325 e. The van der Waals surface area contributed by atoms with Crippen molar-refractivity contribution in [3.63, 3.8) is 0 Å². The third-order valence-corrected chi connectivity index (χ3v) is 6.37. The Balaban J connectivity index is 1.47. The zero-order chi connectivity index (χ0) is 21.1. The Morgan fingerprint density at radius 1 is 1.27 bits per heavy atom. The minimum atomic E-state index is -0.300. The van der Waals surface area contributed by atoms with Crippen molar-refractivity contribution in [3.05, 3.63) is 70.7 Å². The van der Waals surface area contributed by atoms with Crippen LogP contribution >= 0.6 is 34.7 Å². The molecule has 0 aliphatic rings. The fraction of sp³-hybridized carbons (Fsp3) is 0.100. The number of aryl methyl sites for hydroxylation is 1. The first-order valence-electron chi connectivity index (χ1n) is 8.79. The second-order valence-electron chi connectivity index (χ2n) is 6.34. The zero-order valence-corrected chi connectivity index (χ0v) is 18.1. The smallest absolute Gasteiger partial charge is 0.230 e. The van der Waals surface area contributed by atoms with Crippen LogP contribution in [0.3, 0.4) is 0 Å². The predicted octanol–water partition coefficient (Wildman–Crippen LogP) is 5.06. The van der Waals surface area contributed by atoms with E-state index in [4.69, 9.17) is 11.6 Å². The van der Waals surface area contributed by atoms with Crippen LogP contribution in [0.1, 0.15) is 5.69 Å². The first kappa shape index (κ1) is 20.5. The van der Waals surface area contributed by atoms with Gasteiger partial charge in [-0.15, -0.1) is 21.5 Å². The highest BCUT2D eigenvalue weighted by molar-refractivity contribution is 7.99. The number of aromatic nitrogens is 4. The summed E-state index contributed by atoms with van der Waals surface area (Å²) in [6.07, 6.45) is 1.72. The van der Waals surface area contributed by atoms with Gasteiger partial charge in [0.2, 0.25) is 5.91 Å². The minimum Gasteiger partial charge on any atom is -0.325 e. The highest BCUT2D eigenvalue weighted by Crippen LogP contribution is 2.34. The molecule has 6 nitrogen and oxygen atoms in total. The van der Waals surface area contributed by atoms with Gasteiger partial charge >= 0.3 is 0 Å². The number of amides is 1. The molecule has 0 bridgehead atoms. The number of thiazole rings is 1. The van der Waals surface area contributed by atoms with E-state index in [-0.39, 0.29) is 18.1 Å². The Bertz CT molecular complexity index is 1190. The van der Waals surface area contributed by atoms with Crippen LogP contribution in [0.5, 0.6) is 0 Å². The SMILES string of the molecule is Cn1cnnc1Sc1ccc(Cl)cc1NC(=O)Cc1csc(-c2ccc(F)cc2)n1. The van der Waals surface area contributed by atoms with Gasteiger partial charge in [-0.05, 0) is 54.2 Å². The molecule has 0 unspecified atom stereocenters. The number of halogens is 2. The minimum absolute atomic E-state index is 0.109. The number of nitrogens with zero attached hydrogens (tertiary/aromatic N) is 4. The van der Waals surface area contributed by atoms with Gasteiger partial charge in [0.15, 0.2) is 5.16 Å². The van der Waals surface area contributed by atoms with Gasteiger partial charge in [0.05, 0.1) is 17.8 Å². The third kappa shape index (κ3) is 4.86. The van der Waals surface area contributed by atoms with E-state index in [1.165, 1.54) is 35.2 Å². The van der Waals surface area contributed by atoms with Crippen LogP contribution in [0.15, 0.2) is 64.2 Å². The molecule has 30 heavy (non-hydrogen) atoms. The topological polar surface area (TPSA) is 72.7 Å². The van der Waals surface area contributed by atoms with Crippen molar-refractivity contribution in [2.75, 3.05) is 5.32 Å². The number of rotatable bonds is 6. The van der Waals surface area contributed by atoms with E-state index in [9.17, 15) is 9.18 Å². The molecule has 2 heterocycles. The molecule has 1 amide bonds. The van der Waals surface area contributed by atoms with E-state index in [0.29, 0.717) is 21.6 Å². The molecule has 0 aliphatic carbocycles. The molecule has 1 N–H and O–H groups in total. The second kappa shape index (κ2) is 8.95. The maximum atomic E-state index is 13.1. The molecule has 0 aliphatic heterocycles. The maximum Gasteiger partial charge on any atom is 0.230 e. The molecule has 0 atom stereocenters. The van der Waals surface area contributed by atoms with Crippen molar-refractivity contribution in [1.29, 1.82) is 0 Å². The van der Waals surface area contributed by atoms with Gasteiger partial charge in [0.1, 0.15) is 17.2 Å². The first-order valence-corrected chi connectivity index (χ1v) is 10.9. The zero-order valence-electron chi connectivity index (χ0n) is 15.7. The summed E-state index contributed by atoms with van der Waals surface area (Å²) in [5.41, 5.74) is 2.04. The van der Waals surface area contributed by atoms with Crippen LogP contribution in [0.4, 0.5) is 10.1 Å². The summed E-state index contributed by atoms with van der Waals surface area (Å²) >= 11 is 8.91. The van der Waals surface area contributed by atoms with Crippen molar-refractivity contribution in [3.8, 4) is 10.6 Å². The lowest BCUT2D eigenvalue weighted by atomic mass is 10.2. The molecule has 0 spiro atoms. The summed E-state index contributed by atoms with van der Waals surface area (Å²) in [7, 11) is 1.84. The van der Waals surface area contributed by atoms with E-state index in [2.05, 4.69) is 20.5 Å². The van der Waals surface area contributed by atoms with Gasteiger partial charge < -0.3 is 9.88 Å². The van der Waals surface area contributed by atoms with Gasteiger partial charge in [0, 0.05) is 27.9 Å². The molecule has 0 fully saturated rings. The molecule has 0 saturated heterocycles. The molecular weight excluding hydrogens is 445 g/mol. The number of hydrogen-bond acceptors (Lipinski definition) is 6. The van der Waals surface area contributed by atoms with Crippen LogP contribution in [-0.4, -0.2) is 25.7 Å². The van der Waals surface area contributed by atoms with Crippen molar-refractivity contribution in [2.24, 2.45) is 7.05 Å². The Morgan fingerprint density at radius 2 is 2.07 bits per heavy atom. The molecule has 4 rings (SSSR count). The Kier molecular flexibility index (Phi) is 6.12. The number of carbonyl (C=O) groups excluding carboxylic acids is 1. The predicted molar refractivity (Wildman–Crippen MR) is 116 cm³/mol. The summed E-state index contributed by atoms with van der Waals surface area (Å²) in [5, 5.41) is 14.6. The van der Waals surface area contributed by atoms with Gasteiger partial charge in [0.25, 0.3) is 0 Å². The van der Waals surface area contributed by atoms with Crippen molar-refractivity contribution >= 4 is 46.3 Å². The average molecular weight is 460 g/mol. The Labute approximate surface area is 185 Å². The molecule has 2 aromatic carbocycles. The van der Waals surface area contributed by atoms with Gasteiger partial charge in [-0.25, -0.2) is 9.37 Å². The van der Waals surface area contributed by atoms with Crippen LogP contribution < -0.4 is 5.32 Å². The monoisotopic (exact) mass is 459 g/mol. The van der Waals surface area contributed by atoms with Gasteiger partial charge in [-0.1, -0.05) is 11.6 Å². The summed E-state index contributed by atoms with van der Waals surface area (Å²) in [4.78, 5) is 17.9. The van der Waals surface area contributed by atoms with Crippen molar-refractivity contribution in [2.45, 2.75) is 16.5 Å². The highest BCUT2D eigenvalue weighted by Gasteiger charge is 2.14. The average Bonchev–Trinajstić information content (AvgIpc) is 3.34.